The number of likely N-dealkylation sites (tertiary alicyclic amines) is 1. The second kappa shape index (κ2) is 9.34. The lowest BCUT2D eigenvalue weighted by atomic mass is 10.1. The van der Waals surface area contributed by atoms with Gasteiger partial charge in [0.05, 0.1) is 6.54 Å². The standard InChI is InChI=1S/C20H28FN3O4/c1-15-9-23(13-19(25)28-14-16-5-3-2-4-6-16)18(12-24(15)20(26)27)11-22-8-7-17(21)10-22/h2-6,15,17-18H,7-14H2,1H3,(H,26,27)/t15-,17?,18+/m1/s1. The van der Waals surface area contributed by atoms with E-state index in [4.69, 9.17) is 4.74 Å². The Labute approximate surface area is 164 Å². The highest BCUT2D eigenvalue weighted by atomic mass is 19.1. The van der Waals surface area contributed by atoms with Crippen LogP contribution in [-0.4, -0.2) is 89.4 Å². The number of rotatable bonds is 6. The maximum absolute atomic E-state index is 13.5. The second-order valence-electron chi connectivity index (χ2n) is 7.66. The first-order valence-corrected chi connectivity index (χ1v) is 9.72. The smallest absolute Gasteiger partial charge is 0.407 e. The van der Waals surface area contributed by atoms with Gasteiger partial charge < -0.3 is 14.7 Å². The van der Waals surface area contributed by atoms with E-state index in [0.717, 1.165) is 5.56 Å². The van der Waals surface area contributed by atoms with Crippen LogP contribution < -0.4 is 0 Å². The van der Waals surface area contributed by atoms with Crippen LogP contribution in [0, 0.1) is 0 Å². The molecule has 154 valence electrons. The van der Waals surface area contributed by atoms with Crippen LogP contribution >= 0.6 is 0 Å². The minimum atomic E-state index is -0.964. The van der Waals surface area contributed by atoms with Gasteiger partial charge in [-0.3, -0.25) is 14.6 Å². The Hall–Kier alpha value is -2.19. The average molecular weight is 393 g/mol. The summed E-state index contributed by atoms with van der Waals surface area (Å²) in [7, 11) is 0. The van der Waals surface area contributed by atoms with Crippen LogP contribution in [0.5, 0.6) is 0 Å². The molecule has 28 heavy (non-hydrogen) atoms. The molecule has 2 fully saturated rings. The van der Waals surface area contributed by atoms with Crippen molar-refractivity contribution in [3.05, 3.63) is 35.9 Å². The van der Waals surface area contributed by atoms with Gasteiger partial charge in [0.25, 0.3) is 0 Å². The molecule has 2 heterocycles. The molecule has 7 nitrogen and oxygen atoms in total. The Bertz CT molecular complexity index is 675. The van der Waals surface area contributed by atoms with Crippen molar-refractivity contribution in [2.24, 2.45) is 0 Å². The predicted octanol–water partition coefficient (Wildman–Crippen LogP) is 1.83. The minimum absolute atomic E-state index is 0.0994. The number of benzene rings is 1. The average Bonchev–Trinajstić information content (AvgIpc) is 3.07. The van der Waals surface area contributed by atoms with Crippen molar-refractivity contribution in [2.45, 2.75) is 38.2 Å². The Morgan fingerprint density at radius 1 is 1.21 bits per heavy atom. The zero-order chi connectivity index (χ0) is 20.1. The fraction of sp³-hybridized carbons (Fsp3) is 0.600. The van der Waals surface area contributed by atoms with Crippen LogP contribution in [0.15, 0.2) is 30.3 Å². The van der Waals surface area contributed by atoms with Crippen molar-refractivity contribution >= 4 is 12.1 Å². The molecule has 0 aromatic heterocycles. The zero-order valence-corrected chi connectivity index (χ0v) is 16.2. The van der Waals surface area contributed by atoms with Gasteiger partial charge in [-0.25, -0.2) is 9.18 Å². The third kappa shape index (κ3) is 5.42. The highest BCUT2D eigenvalue weighted by Gasteiger charge is 2.37. The molecule has 8 heteroatoms. The molecule has 2 aliphatic heterocycles. The van der Waals surface area contributed by atoms with E-state index in [0.29, 0.717) is 39.1 Å². The van der Waals surface area contributed by atoms with Crippen LogP contribution in [-0.2, 0) is 16.1 Å². The lowest BCUT2D eigenvalue weighted by Crippen LogP contribution is -2.62. The van der Waals surface area contributed by atoms with Crippen LogP contribution in [0.2, 0.25) is 0 Å². The highest BCUT2D eigenvalue weighted by Crippen LogP contribution is 2.20. The molecule has 1 aromatic carbocycles. The van der Waals surface area contributed by atoms with E-state index in [2.05, 4.69) is 0 Å². The summed E-state index contributed by atoms with van der Waals surface area (Å²) in [5.41, 5.74) is 0.919. The Kier molecular flexibility index (Phi) is 6.85. The fourth-order valence-corrected chi connectivity index (χ4v) is 3.94. The number of alkyl halides is 1. The monoisotopic (exact) mass is 393 g/mol. The number of hydrogen-bond donors (Lipinski definition) is 1. The first-order valence-electron chi connectivity index (χ1n) is 9.72. The molecule has 1 amide bonds. The quantitative estimate of drug-likeness (QED) is 0.744. The fourth-order valence-electron chi connectivity index (χ4n) is 3.94. The summed E-state index contributed by atoms with van der Waals surface area (Å²) in [6.45, 7) is 4.47. The number of piperazine rings is 1. The molecular formula is C20H28FN3O4. The Morgan fingerprint density at radius 2 is 1.96 bits per heavy atom. The SMILES string of the molecule is C[C@@H]1CN(CC(=O)OCc2ccccc2)[C@@H](CN2CCC(F)C2)CN1C(=O)O. The van der Waals surface area contributed by atoms with Gasteiger partial charge in [0, 0.05) is 44.8 Å². The van der Waals surface area contributed by atoms with Gasteiger partial charge in [-0.2, -0.15) is 0 Å². The summed E-state index contributed by atoms with van der Waals surface area (Å²) in [4.78, 5) is 29.3. The second-order valence-corrected chi connectivity index (χ2v) is 7.66. The number of nitrogens with zero attached hydrogens (tertiary/aromatic N) is 3. The van der Waals surface area contributed by atoms with Crippen LogP contribution in [0.25, 0.3) is 0 Å². The summed E-state index contributed by atoms with van der Waals surface area (Å²) in [5.74, 6) is -0.338. The van der Waals surface area contributed by atoms with Crippen LogP contribution in [0.4, 0.5) is 9.18 Å². The van der Waals surface area contributed by atoms with E-state index in [1.807, 2.05) is 47.1 Å². The molecule has 0 radical (unpaired) electrons. The molecule has 0 bridgehead atoms. The lowest BCUT2D eigenvalue weighted by molar-refractivity contribution is -0.148. The topological polar surface area (TPSA) is 73.3 Å². The van der Waals surface area contributed by atoms with Crippen molar-refractivity contribution < 1.29 is 23.8 Å². The predicted molar refractivity (Wildman–Crippen MR) is 102 cm³/mol. The van der Waals surface area contributed by atoms with Gasteiger partial charge in [0.2, 0.25) is 0 Å². The Morgan fingerprint density at radius 3 is 2.61 bits per heavy atom. The molecule has 0 saturated carbocycles. The first-order chi connectivity index (χ1) is 13.4. The van der Waals surface area contributed by atoms with E-state index in [1.54, 1.807) is 0 Å². The number of esters is 1. The largest absolute Gasteiger partial charge is 0.465 e. The molecule has 0 spiro atoms. The summed E-state index contributed by atoms with van der Waals surface area (Å²) < 4.78 is 18.9. The van der Waals surface area contributed by atoms with Gasteiger partial charge in [-0.05, 0) is 18.9 Å². The Balaban J connectivity index is 1.60. The third-order valence-electron chi connectivity index (χ3n) is 5.46. The normalized spacial score (nSPS) is 26.4. The van der Waals surface area contributed by atoms with Gasteiger partial charge >= 0.3 is 12.1 Å². The zero-order valence-electron chi connectivity index (χ0n) is 16.2. The lowest BCUT2D eigenvalue weighted by Gasteiger charge is -2.44. The molecule has 1 aromatic rings. The summed E-state index contributed by atoms with van der Waals surface area (Å²) in [5, 5.41) is 9.45. The van der Waals surface area contributed by atoms with Crippen LogP contribution in [0.1, 0.15) is 18.9 Å². The molecule has 3 rings (SSSR count). The maximum atomic E-state index is 13.5. The van der Waals surface area contributed by atoms with Crippen molar-refractivity contribution in [2.75, 3.05) is 39.3 Å². The number of amides is 1. The molecule has 3 atom stereocenters. The number of carbonyl (C=O) groups is 2. The van der Waals surface area contributed by atoms with Gasteiger partial charge in [-0.15, -0.1) is 0 Å². The molecule has 1 unspecified atom stereocenters. The minimum Gasteiger partial charge on any atom is -0.465 e. The van der Waals surface area contributed by atoms with Gasteiger partial charge in [0.1, 0.15) is 12.8 Å². The van der Waals surface area contributed by atoms with E-state index in [1.165, 1.54) is 4.90 Å². The summed E-state index contributed by atoms with van der Waals surface area (Å²) >= 11 is 0. The maximum Gasteiger partial charge on any atom is 0.407 e. The number of carboxylic acid groups (broad SMARTS) is 1. The van der Waals surface area contributed by atoms with Crippen molar-refractivity contribution in [3.8, 4) is 0 Å². The molecule has 0 aliphatic carbocycles. The molecular weight excluding hydrogens is 365 g/mol. The van der Waals surface area contributed by atoms with Crippen molar-refractivity contribution in [1.82, 2.24) is 14.7 Å². The van der Waals surface area contributed by atoms with Gasteiger partial charge in [-0.1, -0.05) is 30.3 Å². The molecule has 2 aliphatic rings. The van der Waals surface area contributed by atoms with Crippen molar-refractivity contribution in [3.63, 3.8) is 0 Å². The van der Waals surface area contributed by atoms with Crippen molar-refractivity contribution in [1.29, 1.82) is 0 Å². The molecule has 2 saturated heterocycles. The van der Waals surface area contributed by atoms with E-state index in [-0.39, 0.29) is 31.2 Å². The summed E-state index contributed by atoms with van der Waals surface area (Å²) in [6, 6.07) is 9.08. The van der Waals surface area contributed by atoms with E-state index >= 15 is 0 Å². The molecule has 1 N–H and O–H groups in total. The number of carbonyl (C=O) groups excluding carboxylic acids is 1. The van der Waals surface area contributed by atoms with Gasteiger partial charge in [0.15, 0.2) is 0 Å². The van der Waals surface area contributed by atoms with E-state index in [9.17, 15) is 19.1 Å². The number of hydrogen-bond acceptors (Lipinski definition) is 5. The third-order valence-corrected chi connectivity index (χ3v) is 5.46. The number of halogens is 1. The highest BCUT2D eigenvalue weighted by molar-refractivity contribution is 5.72. The summed E-state index contributed by atoms with van der Waals surface area (Å²) in [6.07, 6.45) is -1.29. The van der Waals surface area contributed by atoms with Crippen LogP contribution in [0.3, 0.4) is 0 Å². The first kappa shape index (κ1) is 20.5. The number of ether oxygens (including phenoxy) is 1. The van der Waals surface area contributed by atoms with E-state index < -0.39 is 12.3 Å².